The monoisotopic (exact) mass is 495 g/mol. The second-order valence-electron chi connectivity index (χ2n) is 9.25. The first kappa shape index (κ1) is 23.3. The van der Waals surface area contributed by atoms with Crippen LogP contribution in [-0.4, -0.2) is 59.4 Å². The third-order valence-electron chi connectivity index (χ3n) is 6.36. The first-order valence-corrected chi connectivity index (χ1v) is 13.6. The standard InChI is InChI=1S/C23H29N9O2S/c1-6-31-22(15-10-24-14(4)25-11-15)29-20-21(26-12-27-23(20)31)28-16-7-8-18-17(9-16)19(13(2)3)30-32(18)35(5,33)34/h10-13,16H,6-9H2,1-5H3,(H,26,27,28). The van der Waals surface area contributed by atoms with Crippen molar-refractivity contribution in [3.8, 4) is 11.4 Å². The number of rotatable bonds is 6. The van der Waals surface area contributed by atoms with Crippen molar-refractivity contribution in [1.82, 2.24) is 38.7 Å². The van der Waals surface area contributed by atoms with Crippen molar-refractivity contribution in [2.45, 2.75) is 65.5 Å². The van der Waals surface area contributed by atoms with E-state index in [1.807, 2.05) is 32.3 Å². The van der Waals surface area contributed by atoms with Crippen LogP contribution >= 0.6 is 0 Å². The zero-order valence-electron chi connectivity index (χ0n) is 20.5. The van der Waals surface area contributed by atoms with Crippen LogP contribution in [0.1, 0.15) is 55.9 Å². The highest BCUT2D eigenvalue weighted by Gasteiger charge is 2.31. The molecule has 12 heteroatoms. The molecular weight excluding hydrogens is 466 g/mol. The van der Waals surface area contributed by atoms with Gasteiger partial charge in [0, 0.05) is 30.5 Å². The van der Waals surface area contributed by atoms with Crippen LogP contribution in [0.25, 0.3) is 22.6 Å². The summed E-state index contributed by atoms with van der Waals surface area (Å²) < 4.78 is 27.9. The van der Waals surface area contributed by atoms with Crippen molar-refractivity contribution < 1.29 is 8.42 Å². The topological polar surface area (TPSA) is 133 Å². The van der Waals surface area contributed by atoms with Crippen molar-refractivity contribution in [1.29, 1.82) is 0 Å². The summed E-state index contributed by atoms with van der Waals surface area (Å²) in [7, 11) is -3.45. The van der Waals surface area contributed by atoms with Gasteiger partial charge in [0.1, 0.15) is 18.0 Å². The van der Waals surface area contributed by atoms with Gasteiger partial charge in [-0.05, 0) is 39.0 Å². The van der Waals surface area contributed by atoms with Crippen molar-refractivity contribution in [3.05, 3.63) is 41.5 Å². The van der Waals surface area contributed by atoms with Crippen molar-refractivity contribution in [2.24, 2.45) is 0 Å². The molecule has 0 bridgehead atoms. The molecule has 1 aliphatic rings. The van der Waals surface area contributed by atoms with Gasteiger partial charge in [-0.25, -0.2) is 33.3 Å². The van der Waals surface area contributed by atoms with Gasteiger partial charge in [-0.2, -0.15) is 9.19 Å². The molecule has 0 fully saturated rings. The zero-order chi connectivity index (χ0) is 24.9. The summed E-state index contributed by atoms with van der Waals surface area (Å²) in [6.45, 7) is 8.65. The maximum Gasteiger partial charge on any atom is 0.251 e. The fourth-order valence-corrected chi connectivity index (χ4v) is 5.57. The summed E-state index contributed by atoms with van der Waals surface area (Å²) >= 11 is 0. The van der Waals surface area contributed by atoms with Gasteiger partial charge in [0.25, 0.3) is 10.0 Å². The Labute approximate surface area is 204 Å². The second kappa shape index (κ2) is 8.67. The third kappa shape index (κ3) is 4.15. The second-order valence-corrected chi connectivity index (χ2v) is 11.1. The molecule has 5 rings (SSSR count). The molecule has 4 aromatic rings. The normalized spacial score (nSPS) is 16.1. The Hall–Kier alpha value is -3.41. The number of aryl methyl sites for hydroxylation is 2. The van der Waals surface area contributed by atoms with Crippen LogP contribution in [0, 0.1) is 6.92 Å². The van der Waals surface area contributed by atoms with Gasteiger partial charge < -0.3 is 9.88 Å². The molecule has 0 amide bonds. The van der Waals surface area contributed by atoms with Gasteiger partial charge in [-0.3, -0.25) is 0 Å². The molecule has 0 radical (unpaired) electrons. The van der Waals surface area contributed by atoms with E-state index in [4.69, 9.17) is 4.98 Å². The van der Waals surface area contributed by atoms with Gasteiger partial charge in [0.2, 0.25) is 0 Å². The number of fused-ring (bicyclic) bond motifs is 2. The molecule has 4 aromatic heterocycles. The van der Waals surface area contributed by atoms with E-state index in [0.717, 1.165) is 40.4 Å². The quantitative estimate of drug-likeness (QED) is 0.428. The number of hydrogen-bond donors (Lipinski definition) is 1. The fourth-order valence-electron chi connectivity index (χ4n) is 4.74. The molecule has 184 valence electrons. The predicted molar refractivity (Wildman–Crippen MR) is 133 cm³/mol. The smallest absolute Gasteiger partial charge is 0.251 e. The van der Waals surface area contributed by atoms with Gasteiger partial charge in [0.05, 0.1) is 23.2 Å². The molecule has 0 saturated heterocycles. The Bertz CT molecular complexity index is 1500. The summed E-state index contributed by atoms with van der Waals surface area (Å²) in [6.07, 6.45) is 8.32. The van der Waals surface area contributed by atoms with Crippen LogP contribution in [0.3, 0.4) is 0 Å². The van der Waals surface area contributed by atoms with Crippen LogP contribution in [0.2, 0.25) is 0 Å². The number of nitrogens with one attached hydrogen (secondary N) is 1. The molecule has 1 unspecified atom stereocenters. The lowest BCUT2D eigenvalue weighted by atomic mass is 9.89. The van der Waals surface area contributed by atoms with E-state index in [1.54, 1.807) is 18.7 Å². The Morgan fingerprint density at radius 1 is 1.17 bits per heavy atom. The molecule has 1 atom stereocenters. The third-order valence-corrected chi connectivity index (χ3v) is 7.29. The lowest BCUT2D eigenvalue weighted by Crippen LogP contribution is -2.29. The van der Waals surface area contributed by atoms with Crippen molar-refractivity contribution in [2.75, 3.05) is 11.6 Å². The van der Waals surface area contributed by atoms with Gasteiger partial charge in [0.15, 0.2) is 17.0 Å². The summed E-state index contributed by atoms with van der Waals surface area (Å²) in [5.41, 5.74) is 4.88. The Balaban J connectivity index is 1.51. The summed E-state index contributed by atoms with van der Waals surface area (Å²) in [4.78, 5) is 22.5. The van der Waals surface area contributed by atoms with E-state index >= 15 is 0 Å². The SMILES string of the molecule is CCn1c(-c2cnc(C)nc2)nc2c(NC3CCc4c(c(C(C)C)nn4S(C)(=O)=O)C3)ncnc21. The number of hydrogen-bond acceptors (Lipinski definition) is 9. The van der Waals surface area contributed by atoms with Crippen LogP contribution in [0.4, 0.5) is 5.82 Å². The average Bonchev–Trinajstić information content (AvgIpc) is 3.38. The van der Waals surface area contributed by atoms with E-state index in [2.05, 4.69) is 30.4 Å². The summed E-state index contributed by atoms with van der Waals surface area (Å²) in [6, 6.07) is 0.0632. The zero-order valence-corrected chi connectivity index (χ0v) is 21.3. The molecule has 11 nitrogen and oxygen atoms in total. The molecule has 0 spiro atoms. The van der Waals surface area contributed by atoms with E-state index in [9.17, 15) is 8.42 Å². The lowest BCUT2D eigenvalue weighted by Gasteiger charge is -2.25. The van der Waals surface area contributed by atoms with Crippen LogP contribution in [0.5, 0.6) is 0 Å². The maximum absolute atomic E-state index is 12.3. The van der Waals surface area contributed by atoms with E-state index in [0.29, 0.717) is 36.5 Å². The number of imidazole rings is 1. The minimum Gasteiger partial charge on any atom is -0.365 e. The Morgan fingerprint density at radius 3 is 2.57 bits per heavy atom. The minimum atomic E-state index is -3.45. The highest BCUT2D eigenvalue weighted by Crippen LogP contribution is 2.32. The average molecular weight is 496 g/mol. The Kier molecular flexibility index (Phi) is 5.78. The molecule has 4 heterocycles. The van der Waals surface area contributed by atoms with E-state index in [1.165, 1.54) is 10.3 Å². The highest BCUT2D eigenvalue weighted by atomic mass is 32.2. The van der Waals surface area contributed by atoms with Gasteiger partial charge in [-0.15, -0.1) is 0 Å². The van der Waals surface area contributed by atoms with Gasteiger partial charge >= 0.3 is 0 Å². The molecule has 1 N–H and O–H groups in total. The number of anilines is 1. The first-order chi connectivity index (χ1) is 16.7. The van der Waals surface area contributed by atoms with E-state index < -0.39 is 10.0 Å². The molecule has 1 aliphatic carbocycles. The number of nitrogens with zero attached hydrogens (tertiary/aromatic N) is 8. The van der Waals surface area contributed by atoms with Crippen LogP contribution in [-0.2, 0) is 29.4 Å². The maximum atomic E-state index is 12.3. The molecule has 35 heavy (non-hydrogen) atoms. The molecule has 0 aromatic carbocycles. The predicted octanol–water partition coefficient (Wildman–Crippen LogP) is 2.71. The van der Waals surface area contributed by atoms with Crippen LogP contribution in [0.15, 0.2) is 18.7 Å². The summed E-state index contributed by atoms with van der Waals surface area (Å²) in [5, 5.41) is 8.03. The molecular formula is C23H29N9O2S. The first-order valence-electron chi connectivity index (χ1n) is 11.7. The minimum absolute atomic E-state index is 0.0632. The Morgan fingerprint density at radius 2 is 1.91 bits per heavy atom. The van der Waals surface area contributed by atoms with Crippen molar-refractivity contribution in [3.63, 3.8) is 0 Å². The highest BCUT2D eigenvalue weighted by molar-refractivity contribution is 7.89. The number of aromatic nitrogens is 8. The van der Waals surface area contributed by atoms with E-state index in [-0.39, 0.29) is 12.0 Å². The van der Waals surface area contributed by atoms with Gasteiger partial charge in [-0.1, -0.05) is 13.8 Å². The van der Waals surface area contributed by atoms with Crippen molar-refractivity contribution >= 4 is 27.0 Å². The summed E-state index contributed by atoms with van der Waals surface area (Å²) in [5.74, 6) is 2.22. The molecule has 0 aliphatic heterocycles. The lowest BCUT2D eigenvalue weighted by molar-refractivity contribution is 0.567. The fraction of sp³-hybridized carbons (Fsp3) is 0.478. The van der Waals surface area contributed by atoms with Crippen LogP contribution < -0.4 is 5.32 Å². The largest absolute Gasteiger partial charge is 0.365 e. The molecule has 0 saturated carbocycles.